The third kappa shape index (κ3) is 5.57. The zero-order chi connectivity index (χ0) is 21.2. The second kappa shape index (κ2) is 8.24. The minimum absolute atomic E-state index is 0.0282. The van der Waals surface area contributed by atoms with Crippen molar-refractivity contribution >= 4 is 20.1 Å². The molecule has 28 heavy (non-hydrogen) atoms. The highest BCUT2D eigenvalue weighted by Gasteiger charge is 2.42. The summed E-state index contributed by atoms with van der Waals surface area (Å²) in [6.45, 7) is 11.1. The van der Waals surface area contributed by atoms with Crippen LogP contribution < -0.4 is 16.2 Å². The number of halogens is 1. The van der Waals surface area contributed by atoms with Crippen LogP contribution in [0.25, 0.3) is 0 Å². The lowest BCUT2D eigenvalue weighted by atomic mass is 9.80. The molecule has 1 aliphatic rings. The maximum atomic E-state index is 13.4. The Bertz CT molecular complexity index is 752. The first-order valence-electron chi connectivity index (χ1n) is 9.63. The molecule has 1 heterocycles. The molecule has 1 aliphatic carbocycles. The van der Waals surface area contributed by atoms with Gasteiger partial charge in [-0.1, -0.05) is 20.8 Å². The second-order valence-electron chi connectivity index (χ2n) is 9.24. The zero-order valence-corrected chi connectivity index (χ0v) is 18.3. The van der Waals surface area contributed by atoms with Gasteiger partial charge in [-0.25, -0.2) is 9.18 Å². The first kappa shape index (κ1) is 22.4. The van der Waals surface area contributed by atoms with E-state index in [0.29, 0.717) is 32.3 Å². The quantitative estimate of drug-likeness (QED) is 0.530. The number of amides is 1. The van der Waals surface area contributed by atoms with Crippen LogP contribution in [0.5, 0.6) is 0 Å². The van der Waals surface area contributed by atoms with E-state index in [9.17, 15) is 19.1 Å². The molecule has 1 aromatic heterocycles. The number of carboxylic acid groups (broad SMARTS) is 1. The highest BCUT2D eigenvalue weighted by molar-refractivity contribution is 6.74. The summed E-state index contributed by atoms with van der Waals surface area (Å²) < 4.78 is 19.7. The number of anilines is 1. The predicted molar refractivity (Wildman–Crippen MR) is 110 cm³/mol. The number of H-pyrrole nitrogens is 1. The third-order valence-electron chi connectivity index (χ3n) is 6.06. The number of nitrogens with one attached hydrogen (secondary N) is 3. The Kier molecular flexibility index (Phi) is 6.60. The van der Waals surface area contributed by atoms with Crippen molar-refractivity contribution in [3.8, 4) is 0 Å². The molecule has 0 radical (unpaired) electrons. The Morgan fingerprint density at radius 2 is 2.00 bits per heavy atom. The Labute approximate surface area is 166 Å². The van der Waals surface area contributed by atoms with Gasteiger partial charge in [0.05, 0.1) is 12.1 Å². The lowest BCUT2D eigenvalue weighted by molar-refractivity contribution is 0.111. The van der Waals surface area contributed by atoms with Gasteiger partial charge in [0.25, 0.3) is 5.56 Å². The van der Waals surface area contributed by atoms with Crippen molar-refractivity contribution in [1.29, 1.82) is 0 Å². The molecule has 0 spiro atoms. The predicted octanol–water partition coefficient (Wildman–Crippen LogP) is 3.90. The van der Waals surface area contributed by atoms with Crippen LogP contribution in [0.1, 0.15) is 46.5 Å². The van der Waals surface area contributed by atoms with Crippen LogP contribution in [-0.2, 0) is 4.43 Å². The van der Waals surface area contributed by atoms with Gasteiger partial charge in [0.15, 0.2) is 8.32 Å². The molecular formula is C19H32FN3O4Si. The van der Waals surface area contributed by atoms with Gasteiger partial charge < -0.3 is 25.2 Å². The summed E-state index contributed by atoms with van der Waals surface area (Å²) >= 11 is 0. The number of hydrogen-bond acceptors (Lipinski definition) is 4. The summed E-state index contributed by atoms with van der Waals surface area (Å²) in [7, 11) is -2.01. The lowest BCUT2D eigenvalue weighted by Gasteiger charge is -2.44. The first-order valence-corrected chi connectivity index (χ1v) is 12.5. The molecule has 1 fully saturated rings. The van der Waals surface area contributed by atoms with Gasteiger partial charge in [-0.05, 0) is 43.8 Å². The van der Waals surface area contributed by atoms with E-state index in [2.05, 4.69) is 49.5 Å². The van der Waals surface area contributed by atoms with Gasteiger partial charge >= 0.3 is 6.09 Å². The van der Waals surface area contributed by atoms with Gasteiger partial charge in [0.2, 0.25) is 0 Å². The molecule has 9 heteroatoms. The molecule has 4 N–H and O–H groups in total. The van der Waals surface area contributed by atoms with Crippen molar-refractivity contribution < 1.29 is 18.7 Å². The molecule has 1 amide bonds. The van der Waals surface area contributed by atoms with Crippen molar-refractivity contribution in [2.75, 3.05) is 11.9 Å². The maximum absolute atomic E-state index is 13.4. The number of carbonyl (C=O) groups is 1. The number of pyridine rings is 1. The fraction of sp³-hybridized carbons (Fsp3) is 0.684. The fourth-order valence-electron chi connectivity index (χ4n) is 3.17. The normalized spacial score (nSPS) is 23.3. The highest BCUT2D eigenvalue weighted by atomic mass is 28.4. The Balaban J connectivity index is 2.05. The zero-order valence-electron chi connectivity index (χ0n) is 17.3. The van der Waals surface area contributed by atoms with Crippen molar-refractivity contribution in [1.82, 2.24) is 10.3 Å². The summed E-state index contributed by atoms with van der Waals surface area (Å²) in [6.07, 6.45) is 2.42. The smallest absolute Gasteiger partial charge is 0.405 e. The van der Waals surface area contributed by atoms with E-state index < -0.39 is 25.8 Å². The van der Waals surface area contributed by atoms with Crippen LogP contribution in [0.2, 0.25) is 18.1 Å². The molecule has 0 saturated heterocycles. The number of aromatic nitrogens is 1. The molecule has 2 rings (SSSR count). The second-order valence-corrected chi connectivity index (χ2v) is 14.0. The number of aromatic amines is 1. The van der Waals surface area contributed by atoms with E-state index >= 15 is 0 Å². The average molecular weight is 414 g/mol. The van der Waals surface area contributed by atoms with Crippen molar-refractivity contribution in [3.05, 3.63) is 28.4 Å². The molecule has 0 unspecified atom stereocenters. The average Bonchev–Trinajstić information content (AvgIpc) is 2.57. The monoisotopic (exact) mass is 413 g/mol. The van der Waals surface area contributed by atoms with Crippen LogP contribution >= 0.6 is 0 Å². The largest absolute Gasteiger partial charge is 0.465 e. The van der Waals surface area contributed by atoms with E-state index in [1.165, 1.54) is 6.07 Å². The van der Waals surface area contributed by atoms with Gasteiger partial charge in [-0.3, -0.25) is 4.79 Å². The minimum Gasteiger partial charge on any atom is -0.465 e. The molecule has 7 nitrogen and oxygen atoms in total. The number of rotatable bonds is 6. The SMILES string of the molecule is CC(C)(C)[Si](C)(C)OCC1(NC(=O)O)CCC(Nc2cc(F)c[nH]c2=O)CC1. The van der Waals surface area contributed by atoms with Gasteiger partial charge in [-0.2, -0.15) is 0 Å². The van der Waals surface area contributed by atoms with Crippen molar-refractivity contribution in [3.63, 3.8) is 0 Å². The third-order valence-corrected chi connectivity index (χ3v) is 10.5. The van der Waals surface area contributed by atoms with E-state index in [1.54, 1.807) is 0 Å². The van der Waals surface area contributed by atoms with E-state index in [0.717, 1.165) is 6.20 Å². The van der Waals surface area contributed by atoms with Crippen LogP contribution in [-0.4, -0.2) is 42.7 Å². The molecule has 0 aromatic carbocycles. The minimum atomic E-state index is -2.01. The molecular weight excluding hydrogens is 381 g/mol. The van der Waals surface area contributed by atoms with Crippen LogP contribution in [0, 0.1) is 5.82 Å². The van der Waals surface area contributed by atoms with E-state index in [1.807, 2.05) is 0 Å². The van der Waals surface area contributed by atoms with Gasteiger partial charge in [0, 0.05) is 18.3 Å². The van der Waals surface area contributed by atoms with Crippen molar-refractivity contribution in [2.45, 2.75) is 76.2 Å². The summed E-state index contributed by atoms with van der Waals surface area (Å²) in [6, 6.07) is 1.15. The number of hydrogen-bond donors (Lipinski definition) is 4. The Hall–Kier alpha value is -1.87. The summed E-state index contributed by atoms with van der Waals surface area (Å²) in [5.41, 5.74) is -0.821. The molecule has 0 bridgehead atoms. The summed E-state index contributed by atoms with van der Waals surface area (Å²) in [5.74, 6) is -0.512. The van der Waals surface area contributed by atoms with Gasteiger partial charge in [-0.15, -0.1) is 0 Å². The van der Waals surface area contributed by atoms with Crippen LogP contribution in [0.15, 0.2) is 17.1 Å². The lowest BCUT2D eigenvalue weighted by Crippen LogP contribution is -2.57. The Morgan fingerprint density at radius 3 is 2.54 bits per heavy atom. The molecule has 158 valence electrons. The van der Waals surface area contributed by atoms with E-state index in [4.69, 9.17) is 4.43 Å². The maximum Gasteiger partial charge on any atom is 0.405 e. The molecule has 0 aliphatic heterocycles. The topological polar surface area (TPSA) is 103 Å². The molecule has 1 aromatic rings. The summed E-state index contributed by atoms with van der Waals surface area (Å²) in [5, 5.41) is 15.1. The molecule has 1 saturated carbocycles. The Morgan fingerprint density at radius 1 is 1.39 bits per heavy atom. The van der Waals surface area contributed by atoms with Crippen molar-refractivity contribution in [2.24, 2.45) is 0 Å². The van der Waals surface area contributed by atoms with Gasteiger partial charge in [0.1, 0.15) is 11.5 Å². The fourth-order valence-corrected chi connectivity index (χ4v) is 4.24. The van der Waals surface area contributed by atoms with Crippen LogP contribution in [0.4, 0.5) is 14.9 Å². The molecule has 0 atom stereocenters. The highest BCUT2D eigenvalue weighted by Crippen LogP contribution is 2.38. The van der Waals surface area contributed by atoms with E-state index in [-0.39, 0.29) is 22.3 Å². The summed E-state index contributed by atoms with van der Waals surface area (Å²) in [4.78, 5) is 25.6. The standard InChI is InChI=1S/C19H32FN3O4Si/c1-18(2,3)28(4,5)27-12-19(23-17(25)26)8-6-14(7-9-19)22-15-10-13(20)11-21-16(15)24/h10-11,14,22-23H,6-9,12H2,1-5H3,(H,21,24)(H,25,26). The van der Waals surface area contributed by atoms with Crippen LogP contribution in [0.3, 0.4) is 0 Å². The first-order chi connectivity index (χ1) is 12.8.